The van der Waals surface area contributed by atoms with E-state index in [1.807, 2.05) is 67.6 Å². The van der Waals surface area contributed by atoms with Crippen LogP contribution in [-0.4, -0.2) is 32.6 Å². The minimum atomic E-state index is -1.06. The Balaban J connectivity index is 1.79. The summed E-state index contributed by atoms with van der Waals surface area (Å²) in [6.07, 6.45) is 0.419. The van der Waals surface area contributed by atoms with Crippen LogP contribution in [0.2, 0.25) is 0 Å². The van der Waals surface area contributed by atoms with Gasteiger partial charge in [0.15, 0.2) is 0 Å². The molecule has 1 aromatic heterocycles. The molecule has 0 aliphatic carbocycles. The van der Waals surface area contributed by atoms with E-state index in [1.54, 1.807) is 12.1 Å². The number of carboxylic acid groups (broad SMARTS) is 1. The number of rotatable bonds is 9. The molecule has 36 heavy (non-hydrogen) atoms. The fourth-order valence-corrected chi connectivity index (χ4v) is 4.76. The van der Waals surface area contributed by atoms with Crippen molar-refractivity contribution in [2.24, 2.45) is 0 Å². The summed E-state index contributed by atoms with van der Waals surface area (Å²) >= 11 is 0. The molecule has 2 N–H and O–H groups in total. The number of carbonyl (C=O) groups is 1. The number of imidazole rings is 1. The fraction of sp³-hybridized carbons (Fsp3) is 0.241. The zero-order chi connectivity index (χ0) is 25.5. The molecule has 1 heterocycles. The molecule has 0 saturated carbocycles. The van der Waals surface area contributed by atoms with Gasteiger partial charge in [0, 0.05) is 12.5 Å². The van der Waals surface area contributed by atoms with E-state index in [0.717, 1.165) is 33.5 Å². The van der Waals surface area contributed by atoms with Crippen LogP contribution in [0.4, 0.5) is 4.79 Å². The third-order valence-electron chi connectivity index (χ3n) is 6.45. The van der Waals surface area contributed by atoms with Gasteiger partial charge in [0.2, 0.25) is 0 Å². The highest BCUT2D eigenvalue weighted by Gasteiger charge is 2.33. The molecule has 0 bridgehead atoms. The molecule has 7 nitrogen and oxygen atoms in total. The van der Waals surface area contributed by atoms with Crippen LogP contribution in [-0.2, 0) is 6.42 Å². The van der Waals surface area contributed by atoms with Crippen molar-refractivity contribution in [2.45, 2.75) is 38.1 Å². The first-order valence-corrected chi connectivity index (χ1v) is 11.9. The van der Waals surface area contributed by atoms with Gasteiger partial charge in [0.05, 0.1) is 41.2 Å². The molecule has 2 atom stereocenters. The van der Waals surface area contributed by atoms with Gasteiger partial charge in [-0.3, -0.25) is 4.90 Å². The Morgan fingerprint density at radius 3 is 2.47 bits per heavy atom. The molecule has 0 spiro atoms. The number of fused-ring (bicyclic) bond motifs is 1. The van der Waals surface area contributed by atoms with Crippen LogP contribution in [0.1, 0.15) is 52.9 Å². The zero-order valence-corrected chi connectivity index (χ0v) is 20.1. The Morgan fingerprint density at radius 1 is 1.06 bits per heavy atom. The van der Waals surface area contributed by atoms with E-state index in [4.69, 9.17) is 5.26 Å². The van der Waals surface area contributed by atoms with Gasteiger partial charge in [-0.25, -0.2) is 9.78 Å². The molecule has 1 amide bonds. The average molecular weight is 478 g/mol. The molecule has 0 saturated heterocycles. The molecule has 4 aromatic rings. The molecule has 0 radical (unpaired) electrons. The van der Waals surface area contributed by atoms with Gasteiger partial charge in [-0.2, -0.15) is 10.5 Å². The van der Waals surface area contributed by atoms with Gasteiger partial charge in [-0.15, -0.1) is 0 Å². The predicted molar refractivity (Wildman–Crippen MR) is 137 cm³/mol. The molecule has 180 valence electrons. The van der Waals surface area contributed by atoms with Crippen molar-refractivity contribution in [1.29, 1.82) is 10.5 Å². The summed E-state index contributed by atoms with van der Waals surface area (Å²) in [5.74, 6) is 0.618. The van der Waals surface area contributed by atoms with Crippen LogP contribution in [0.25, 0.3) is 11.0 Å². The fourth-order valence-electron chi connectivity index (χ4n) is 4.76. The SMILES string of the molecule is Cc1nc2cc(C(C(CCc3ccc(C#N)cc3)c3ccccc3)N(CCC#N)C(=O)O)ccc2[nH]1. The highest BCUT2D eigenvalue weighted by Crippen LogP contribution is 2.40. The Morgan fingerprint density at radius 2 is 1.81 bits per heavy atom. The lowest BCUT2D eigenvalue weighted by atomic mass is 9.81. The Hall–Kier alpha value is -4.62. The molecule has 0 aliphatic heterocycles. The maximum absolute atomic E-state index is 12.5. The van der Waals surface area contributed by atoms with Crippen molar-refractivity contribution in [3.05, 3.63) is 101 Å². The van der Waals surface area contributed by atoms with Crippen molar-refractivity contribution < 1.29 is 9.90 Å². The molecular formula is C29H27N5O2. The van der Waals surface area contributed by atoms with Crippen LogP contribution in [0.5, 0.6) is 0 Å². The van der Waals surface area contributed by atoms with Crippen molar-refractivity contribution in [3.63, 3.8) is 0 Å². The first kappa shape index (κ1) is 24.5. The number of amides is 1. The highest BCUT2D eigenvalue weighted by atomic mass is 16.4. The van der Waals surface area contributed by atoms with Gasteiger partial charge >= 0.3 is 6.09 Å². The third kappa shape index (κ3) is 5.54. The summed E-state index contributed by atoms with van der Waals surface area (Å²) in [7, 11) is 0. The van der Waals surface area contributed by atoms with Crippen molar-refractivity contribution in [3.8, 4) is 12.1 Å². The lowest BCUT2D eigenvalue weighted by molar-refractivity contribution is 0.115. The van der Waals surface area contributed by atoms with Crippen molar-refractivity contribution >= 4 is 17.1 Å². The topological polar surface area (TPSA) is 117 Å². The minimum Gasteiger partial charge on any atom is -0.465 e. The van der Waals surface area contributed by atoms with Crippen molar-refractivity contribution in [1.82, 2.24) is 14.9 Å². The second-order valence-electron chi connectivity index (χ2n) is 8.79. The number of aromatic nitrogens is 2. The third-order valence-corrected chi connectivity index (χ3v) is 6.45. The summed E-state index contributed by atoms with van der Waals surface area (Å²) in [6.45, 7) is 1.99. The van der Waals surface area contributed by atoms with E-state index in [-0.39, 0.29) is 18.9 Å². The van der Waals surface area contributed by atoms with Gasteiger partial charge in [-0.05, 0) is 60.7 Å². The summed E-state index contributed by atoms with van der Waals surface area (Å²) in [4.78, 5) is 21.7. The maximum Gasteiger partial charge on any atom is 0.407 e. The van der Waals surface area contributed by atoms with E-state index in [2.05, 4.69) is 22.1 Å². The molecule has 2 unspecified atom stereocenters. The Labute approximate surface area is 210 Å². The highest BCUT2D eigenvalue weighted by molar-refractivity contribution is 5.76. The number of hydrogen-bond acceptors (Lipinski definition) is 4. The summed E-state index contributed by atoms with van der Waals surface area (Å²) in [5, 5.41) is 28.6. The number of aryl methyl sites for hydroxylation is 2. The van der Waals surface area contributed by atoms with Crippen LogP contribution >= 0.6 is 0 Å². The van der Waals surface area contributed by atoms with E-state index in [9.17, 15) is 15.2 Å². The number of nitriles is 2. The largest absolute Gasteiger partial charge is 0.465 e. The summed E-state index contributed by atoms with van der Waals surface area (Å²) < 4.78 is 0. The molecule has 4 rings (SSSR count). The second-order valence-corrected chi connectivity index (χ2v) is 8.79. The Bertz CT molecular complexity index is 1410. The minimum absolute atomic E-state index is 0.101. The lowest BCUT2D eigenvalue weighted by Crippen LogP contribution is -2.38. The first-order chi connectivity index (χ1) is 17.5. The maximum atomic E-state index is 12.5. The van der Waals surface area contributed by atoms with E-state index in [0.29, 0.717) is 18.4 Å². The average Bonchev–Trinajstić information content (AvgIpc) is 3.27. The molecule has 3 aromatic carbocycles. The van der Waals surface area contributed by atoms with E-state index >= 15 is 0 Å². The van der Waals surface area contributed by atoms with Crippen molar-refractivity contribution in [2.75, 3.05) is 6.54 Å². The number of nitrogens with one attached hydrogen (secondary N) is 1. The number of hydrogen-bond donors (Lipinski definition) is 2. The Kier molecular flexibility index (Phi) is 7.63. The molecule has 7 heteroatoms. The van der Waals surface area contributed by atoms with Gasteiger partial charge in [0.25, 0.3) is 0 Å². The van der Waals surface area contributed by atoms with E-state index in [1.165, 1.54) is 4.90 Å². The summed E-state index contributed by atoms with van der Waals surface area (Å²) in [6, 6.07) is 27.0. The monoisotopic (exact) mass is 477 g/mol. The lowest BCUT2D eigenvalue weighted by Gasteiger charge is -2.36. The van der Waals surface area contributed by atoms with Gasteiger partial charge in [-0.1, -0.05) is 48.5 Å². The second kappa shape index (κ2) is 11.2. The molecule has 0 fully saturated rings. The van der Waals surface area contributed by atoms with E-state index < -0.39 is 12.1 Å². The normalized spacial score (nSPS) is 12.4. The van der Waals surface area contributed by atoms with Crippen LogP contribution in [0, 0.1) is 29.6 Å². The smallest absolute Gasteiger partial charge is 0.407 e. The van der Waals surface area contributed by atoms with Gasteiger partial charge in [0.1, 0.15) is 5.82 Å². The van der Waals surface area contributed by atoms with Crippen LogP contribution < -0.4 is 0 Å². The predicted octanol–water partition coefficient (Wildman–Crippen LogP) is 6.09. The standard InChI is InChI=1S/C29H27N5O2/c1-20-32-26-15-13-24(18-27(26)33-20)28(34(29(35)36)17-5-16-30)25(23-6-3-2-4-7-23)14-12-21-8-10-22(19-31)11-9-21/h2-4,6-11,13,15,18,25,28H,5,12,14,17H2,1H3,(H,32,33)(H,35,36). The number of benzene rings is 3. The number of aromatic amines is 1. The van der Waals surface area contributed by atoms with Crippen LogP contribution in [0.3, 0.4) is 0 Å². The number of nitrogens with zero attached hydrogens (tertiary/aromatic N) is 4. The quantitative estimate of drug-likeness (QED) is 0.302. The first-order valence-electron chi connectivity index (χ1n) is 11.9. The molecule has 0 aliphatic rings. The van der Waals surface area contributed by atoms with Crippen LogP contribution in [0.15, 0.2) is 72.8 Å². The summed E-state index contributed by atoms with van der Waals surface area (Å²) in [5.41, 5.74) is 5.21. The molecular weight excluding hydrogens is 450 g/mol. The zero-order valence-electron chi connectivity index (χ0n) is 20.1. The van der Waals surface area contributed by atoms with Gasteiger partial charge < -0.3 is 10.1 Å². The number of H-pyrrole nitrogens is 1.